The summed E-state index contributed by atoms with van der Waals surface area (Å²) in [4.78, 5) is 71.9. The monoisotopic (exact) mass is 1180 g/mol. The topological polar surface area (TPSA) is 237 Å². The summed E-state index contributed by atoms with van der Waals surface area (Å²) in [6, 6.07) is 0. The molecule has 0 aromatic rings. The minimum absolute atomic E-state index is 0.101. The Morgan fingerprint density at radius 1 is 0.338 bits per heavy atom. The summed E-state index contributed by atoms with van der Waals surface area (Å²) in [7, 11) is -9.88. The first kappa shape index (κ1) is 78.1. The number of aliphatic hydroxyl groups is 1. The van der Waals surface area contributed by atoms with Crippen molar-refractivity contribution >= 4 is 39.5 Å². The van der Waals surface area contributed by atoms with Crippen LogP contribution in [0.15, 0.2) is 0 Å². The molecule has 474 valence electrons. The highest BCUT2D eigenvalue weighted by molar-refractivity contribution is 7.47. The Balaban J connectivity index is 5.21. The van der Waals surface area contributed by atoms with E-state index in [2.05, 4.69) is 48.5 Å². The third kappa shape index (κ3) is 55.3. The molecule has 0 aliphatic carbocycles. The molecule has 5 atom stereocenters. The second-order valence-electron chi connectivity index (χ2n) is 23.5. The fourth-order valence-corrected chi connectivity index (χ4v) is 10.5. The number of rotatable bonds is 59. The summed E-state index contributed by atoms with van der Waals surface area (Å²) >= 11 is 0. The van der Waals surface area contributed by atoms with Crippen LogP contribution in [0.4, 0.5) is 0 Å². The molecule has 0 saturated heterocycles. The summed E-state index contributed by atoms with van der Waals surface area (Å²) in [5.41, 5.74) is 0. The SMILES string of the molecule is CCCCCCCCCCC(=O)OC[C@H](COP(=O)(O)OC[C@H](O)COP(=O)(O)OC[C@@H](COC(=O)CCCCCCCCC(C)C)OC(=O)CCCCCCCCCCCCCC(C)C)OC(=O)CCCCCCCCC(C)C. The number of ether oxygens (including phenoxy) is 4. The van der Waals surface area contributed by atoms with Gasteiger partial charge in [-0.05, 0) is 43.4 Å². The molecule has 0 aromatic heterocycles. The van der Waals surface area contributed by atoms with E-state index in [1.165, 1.54) is 89.9 Å². The van der Waals surface area contributed by atoms with Gasteiger partial charge >= 0.3 is 39.5 Å². The zero-order valence-electron chi connectivity index (χ0n) is 51.5. The van der Waals surface area contributed by atoms with Crippen LogP contribution in [0, 0.1) is 17.8 Å². The third-order valence-electron chi connectivity index (χ3n) is 13.9. The van der Waals surface area contributed by atoms with Crippen LogP contribution in [-0.4, -0.2) is 96.7 Å². The lowest BCUT2D eigenvalue weighted by Gasteiger charge is -2.21. The summed E-state index contributed by atoms with van der Waals surface area (Å²) < 4.78 is 67.7. The van der Waals surface area contributed by atoms with E-state index in [0.717, 1.165) is 109 Å². The largest absolute Gasteiger partial charge is 0.472 e. The molecule has 0 saturated carbocycles. The average molecular weight is 1190 g/mol. The quantitative estimate of drug-likeness (QED) is 0.0222. The van der Waals surface area contributed by atoms with E-state index in [0.29, 0.717) is 37.5 Å². The van der Waals surface area contributed by atoms with Crippen LogP contribution in [0.5, 0.6) is 0 Å². The first-order valence-electron chi connectivity index (χ1n) is 31.8. The van der Waals surface area contributed by atoms with Crippen molar-refractivity contribution in [2.75, 3.05) is 39.6 Å². The fourth-order valence-electron chi connectivity index (χ4n) is 8.95. The zero-order chi connectivity index (χ0) is 59.5. The van der Waals surface area contributed by atoms with Crippen LogP contribution < -0.4 is 0 Å². The van der Waals surface area contributed by atoms with E-state index >= 15 is 0 Å². The van der Waals surface area contributed by atoms with Gasteiger partial charge in [0.15, 0.2) is 12.2 Å². The highest BCUT2D eigenvalue weighted by Gasteiger charge is 2.30. The summed E-state index contributed by atoms with van der Waals surface area (Å²) in [6.07, 6.45) is 32.4. The first-order chi connectivity index (χ1) is 38.2. The van der Waals surface area contributed by atoms with Crippen molar-refractivity contribution in [3.63, 3.8) is 0 Å². The second kappa shape index (κ2) is 52.6. The maximum atomic E-state index is 12.9. The number of hydrogen-bond acceptors (Lipinski definition) is 15. The van der Waals surface area contributed by atoms with Crippen LogP contribution in [0.1, 0.15) is 292 Å². The molecule has 0 aromatic carbocycles. The molecule has 80 heavy (non-hydrogen) atoms. The molecule has 0 aliphatic rings. The molecule has 0 aliphatic heterocycles. The number of phosphoric ester groups is 2. The minimum atomic E-state index is -4.94. The maximum Gasteiger partial charge on any atom is 0.472 e. The van der Waals surface area contributed by atoms with E-state index in [1.54, 1.807) is 0 Å². The second-order valence-corrected chi connectivity index (χ2v) is 26.4. The lowest BCUT2D eigenvalue weighted by molar-refractivity contribution is -0.161. The average Bonchev–Trinajstić information content (AvgIpc) is 3.40. The van der Waals surface area contributed by atoms with Gasteiger partial charge in [-0.2, -0.15) is 0 Å². The molecule has 0 rings (SSSR count). The highest BCUT2D eigenvalue weighted by Crippen LogP contribution is 2.45. The van der Waals surface area contributed by atoms with Gasteiger partial charge in [-0.15, -0.1) is 0 Å². The Kier molecular flexibility index (Phi) is 51.3. The van der Waals surface area contributed by atoms with Gasteiger partial charge in [-0.1, -0.05) is 241 Å². The van der Waals surface area contributed by atoms with E-state index in [4.69, 9.17) is 37.0 Å². The predicted molar refractivity (Wildman–Crippen MR) is 317 cm³/mol. The van der Waals surface area contributed by atoms with Crippen LogP contribution in [0.2, 0.25) is 0 Å². The Labute approximate surface area is 486 Å². The van der Waals surface area contributed by atoms with Crippen molar-refractivity contribution in [3.05, 3.63) is 0 Å². The molecule has 0 amide bonds. The van der Waals surface area contributed by atoms with Gasteiger partial charge in [0.2, 0.25) is 0 Å². The zero-order valence-corrected chi connectivity index (χ0v) is 53.3. The number of carbonyl (C=O) groups is 4. The molecule has 0 heterocycles. The van der Waals surface area contributed by atoms with E-state index in [-0.39, 0.29) is 25.7 Å². The van der Waals surface area contributed by atoms with Crippen molar-refractivity contribution < 1.29 is 80.2 Å². The number of hydrogen-bond donors (Lipinski definition) is 3. The molecule has 2 unspecified atom stereocenters. The van der Waals surface area contributed by atoms with Gasteiger partial charge in [-0.3, -0.25) is 37.3 Å². The first-order valence-corrected chi connectivity index (χ1v) is 34.8. The van der Waals surface area contributed by atoms with Crippen LogP contribution in [-0.2, 0) is 65.4 Å². The van der Waals surface area contributed by atoms with Crippen molar-refractivity contribution in [1.82, 2.24) is 0 Å². The van der Waals surface area contributed by atoms with E-state index < -0.39 is 97.5 Å². The van der Waals surface area contributed by atoms with Crippen LogP contribution in [0.3, 0.4) is 0 Å². The Bertz CT molecular complexity index is 1600. The van der Waals surface area contributed by atoms with Gasteiger partial charge in [0.1, 0.15) is 19.3 Å². The van der Waals surface area contributed by atoms with Crippen molar-refractivity contribution in [3.8, 4) is 0 Å². The van der Waals surface area contributed by atoms with Crippen LogP contribution in [0.25, 0.3) is 0 Å². The third-order valence-corrected chi connectivity index (χ3v) is 15.8. The van der Waals surface area contributed by atoms with Crippen molar-refractivity contribution in [2.24, 2.45) is 17.8 Å². The minimum Gasteiger partial charge on any atom is -0.462 e. The molecule has 19 heteroatoms. The summed E-state index contributed by atoms with van der Waals surface area (Å²) in [6.45, 7) is 11.6. The standard InChI is InChI=1S/C61H118O17P2/c1-8-9-10-11-12-19-28-35-42-58(63)71-48-57(78-61(66)45-38-31-24-22-27-34-41-54(6)7)51-76-80(69,70)74-47-55(62)46-73-79(67,68)75-50-56(49-72-59(64)43-36-29-23-21-26-33-40-53(4)5)77-60(65)44-37-30-20-17-15-13-14-16-18-25-32-39-52(2)3/h52-57,62H,8-51H2,1-7H3,(H,67,68)(H,69,70)/t55-,56-,57-/m1/s1. The van der Waals surface area contributed by atoms with Crippen LogP contribution >= 0.6 is 15.6 Å². The number of phosphoric acid groups is 2. The molecule has 0 bridgehead atoms. The molecule has 0 radical (unpaired) electrons. The van der Waals surface area contributed by atoms with Crippen molar-refractivity contribution in [2.45, 2.75) is 311 Å². The maximum absolute atomic E-state index is 12.9. The Morgan fingerprint density at radius 2 is 0.575 bits per heavy atom. The van der Waals surface area contributed by atoms with E-state index in [1.807, 2.05) is 0 Å². The van der Waals surface area contributed by atoms with Gasteiger partial charge in [0.05, 0.1) is 26.4 Å². The molecule has 17 nitrogen and oxygen atoms in total. The number of aliphatic hydroxyl groups excluding tert-OH is 1. The number of esters is 4. The lowest BCUT2D eigenvalue weighted by Crippen LogP contribution is -2.30. The summed E-state index contributed by atoms with van der Waals surface area (Å²) in [5.74, 6) is -0.0336. The van der Waals surface area contributed by atoms with E-state index in [9.17, 15) is 43.2 Å². The fraction of sp³-hybridized carbons (Fsp3) is 0.934. The molecule has 3 N–H and O–H groups in total. The summed E-state index contributed by atoms with van der Waals surface area (Å²) in [5, 5.41) is 10.5. The number of unbranched alkanes of at least 4 members (excludes halogenated alkanes) is 27. The molecular formula is C61H118O17P2. The van der Waals surface area contributed by atoms with Gasteiger partial charge < -0.3 is 33.8 Å². The van der Waals surface area contributed by atoms with Gasteiger partial charge in [-0.25, -0.2) is 9.13 Å². The smallest absolute Gasteiger partial charge is 0.462 e. The van der Waals surface area contributed by atoms with Gasteiger partial charge in [0.25, 0.3) is 0 Å². The molecular weight excluding hydrogens is 1070 g/mol. The normalized spacial score (nSPS) is 14.5. The molecule has 0 fully saturated rings. The predicted octanol–water partition coefficient (Wildman–Crippen LogP) is 16.3. The lowest BCUT2D eigenvalue weighted by atomic mass is 10.0. The Hall–Kier alpha value is -1.94. The number of carbonyl (C=O) groups excluding carboxylic acids is 4. The van der Waals surface area contributed by atoms with Gasteiger partial charge in [0, 0.05) is 25.7 Å². The van der Waals surface area contributed by atoms with Crippen molar-refractivity contribution in [1.29, 1.82) is 0 Å². The highest BCUT2D eigenvalue weighted by atomic mass is 31.2. The molecule has 0 spiro atoms. The Morgan fingerprint density at radius 3 is 0.850 bits per heavy atom.